The molecular formula is C15H20BrNO4. The summed E-state index contributed by atoms with van der Waals surface area (Å²) < 4.78 is 11.5. The number of hydrogen-bond acceptors (Lipinski definition) is 4. The summed E-state index contributed by atoms with van der Waals surface area (Å²) >= 11 is 3.48. The van der Waals surface area contributed by atoms with Crippen LogP contribution in [0.4, 0.5) is 0 Å². The zero-order valence-corrected chi connectivity index (χ0v) is 13.8. The van der Waals surface area contributed by atoms with Crippen molar-refractivity contribution >= 4 is 21.9 Å². The summed E-state index contributed by atoms with van der Waals surface area (Å²) in [4.78, 5) is 13.4. The number of carboxylic acid groups (broad SMARTS) is 1. The standard InChI is InChI=1S/C15H20BrNO4/c1-3-17(13-9-21-8-11(13)15(18)19)7-10-4-5-14(20-2)12(16)6-10/h4-6,11,13H,3,7-9H2,1-2H3,(H,18,19). The molecule has 2 rings (SSSR count). The van der Waals surface area contributed by atoms with Gasteiger partial charge in [-0.2, -0.15) is 0 Å². The van der Waals surface area contributed by atoms with Crippen LogP contribution in [0.15, 0.2) is 22.7 Å². The Labute approximate surface area is 133 Å². The number of hydrogen-bond donors (Lipinski definition) is 1. The predicted molar refractivity (Wildman–Crippen MR) is 82.5 cm³/mol. The van der Waals surface area contributed by atoms with Crippen LogP contribution in [0.3, 0.4) is 0 Å². The van der Waals surface area contributed by atoms with Crippen LogP contribution in [0.2, 0.25) is 0 Å². The molecule has 2 unspecified atom stereocenters. The van der Waals surface area contributed by atoms with Crippen molar-refractivity contribution in [2.75, 3.05) is 26.9 Å². The quantitative estimate of drug-likeness (QED) is 0.846. The smallest absolute Gasteiger partial charge is 0.310 e. The molecule has 0 amide bonds. The number of carboxylic acids is 1. The second kappa shape index (κ2) is 7.24. The van der Waals surface area contributed by atoms with E-state index in [0.717, 1.165) is 22.3 Å². The highest BCUT2D eigenvalue weighted by Crippen LogP contribution is 2.27. The second-order valence-electron chi connectivity index (χ2n) is 5.08. The average molecular weight is 358 g/mol. The number of nitrogens with zero attached hydrogens (tertiary/aromatic N) is 1. The van der Waals surface area contributed by atoms with Gasteiger partial charge in [0.1, 0.15) is 5.75 Å². The number of rotatable bonds is 6. The van der Waals surface area contributed by atoms with E-state index < -0.39 is 11.9 Å². The Morgan fingerprint density at radius 2 is 2.29 bits per heavy atom. The molecule has 1 aromatic rings. The monoisotopic (exact) mass is 357 g/mol. The lowest BCUT2D eigenvalue weighted by Gasteiger charge is -2.29. The molecule has 1 aliphatic heterocycles. The van der Waals surface area contributed by atoms with Crippen molar-refractivity contribution in [1.82, 2.24) is 4.90 Å². The fourth-order valence-electron chi connectivity index (χ4n) is 2.65. The van der Waals surface area contributed by atoms with Crippen molar-refractivity contribution in [1.29, 1.82) is 0 Å². The van der Waals surface area contributed by atoms with Crippen LogP contribution in [0.5, 0.6) is 5.75 Å². The highest BCUT2D eigenvalue weighted by Gasteiger charge is 2.37. The van der Waals surface area contributed by atoms with E-state index in [1.165, 1.54) is 0 Å². The predicted octanol–water partition coefficient (Wildman–Crippen LogP) is 2.38. The Balaban J connectivity index is 2.12. The molecule has 0 saturated carbocycles. The minimum Gasteiger partial charge on any atom is -0.496 e. The molecule has 5 nitrogen and oxygen atoms in total. The van der Waals surface area contributed by atoms with Crippen LogP contribution >= 0.6 is 15.9 Å². The minimum absolute atomic E-state index is 0.0756. The first kappa shape index (κ1) is 16.3. The number of ether oxygens (including phenoxy) is 2. The first-order valence-corrected chi connectivity index (χ1v) is 7.73. The van der Waals surface area contributed by atoms with Gasteiger partial charge in [0.25, 0.3) is 0 Å². The number of halogens is 1. The molecule has 1 aromatic carbocycles. The van der Waals surface area contributed by atoms with Gasteiger partial charge in [0.2, 0.25) is 0 Å². The molecule has 1 N–H and O–H groups in total. The maximum Gasteiger partial charge on any atom is 0.310 e. The summed E-state index contributed by atoms with van der Waals surface area (Å²) in [5.41, 5.74) is 1.11. The molecule has 1 saturated heterocycles. The molecule has 0 bridgehead atoms. The Kier molecular flexibility index (Phi) is 5.61. The van der Waals surface area contributed by atoms with Crippen molar-refractivity contribution < 1.29 is 19.4 Å². The Morgan fingerprint density at radius 3 is 2.86 bits per heavy atom. The van der Waals surface area contributed by atoms with Crippen LogP contribution in [0.1, 0.15) is 12.5 Å². The lowest BCUT2D eigenvalue weighted by molar-refractivity contribution is -0.143. The zero-order valence-electron chi connectivity index (χ0n) is 12.2. The van der Waals surface area contributed by atoms with Crippen molar-refractivity contribution in [2.24, 2.45) is 5.92 Å². The summed E-state index contributed by atoms with van der Waals surface area (Å²) in [6, 6.07) is 5.84. The van der Waals surface area contributed by atoms with Gasteiger partial charge in [-0.1, -0.05) is 13.0 Å². The second-order valence-corrected chi connectivity index (χ2v) is 5.94. The topological polar surface area (TPSA) is 59.0 Å². The molecule has 1 aliphatic rings. The van der Waals surface area contributed by atoms with Crippen molar-refractivity contribution in [3.05, 3.63) is 28.2 Å². The van der Waals surface area contributed by atoms with E-state index in [1.54, 1.807) is 7.11 Å². The van der Waals surface area contributed by atoms with E-state index in [0.29, 0.717) is 19.8 Å². The molecule has 116 valence electrons. The molecule has 2 atom stereocenters. The van der Waals surface area contributed by atoms with Gasteiger partial charge in [0, 0.05) is 12.6 Å². The zero-order chi connectivity index (χ0) is 15.4. The number of methoxy groups -OCH3 is 1. The Bertz CT molecular complexity index is 508. The SMILES string of the molecule is CCN(Cc1ccc(OC)c(Br)c1)C1COCC1C(=O)O. The van der Waals surface area contributed by atoms with Crippen LogP contribution in [0.25, 0.3) is 0 Å². The van der Waals surface area contributed by atoms with Gasteiger partial charge in [-0.25, -0.2) is 0 Å². The summed E-state index contributed by atoms with van der Waals surface area (Å²) in [6.45, 7) is 4.28. The molecule has 0 spiro atoms. The number of likely N-dealkylation sites (N-methyl/N-ethyl adjacent to an activating group) is 1. The molecule has 1 heterocycles. The summed E-state index contributed by atoms with van der Waals surface area (Å²) in [5.74, 6) is -0.451. The highest BCUT2D eigenvalue weighted by molar-refractivity contribution is 9.10. The molecule has 0 radical (unpaired) electrons. The lowest BCUT2D eigenvalue weighted by atomic mass is 10.0. The Morgan fingerprint density at radius 1 is 1.52 bits per heavy atom. The van der Waals surface area contributed by atoms with Crippen molar-refractivity contribution in [3.63, 3.8) is 0 Å². The van der Waals surface area contributed by atoms with E-state index >= 15 is 0 Å². The van der Waals surface area contributed by atoms with Gasteiger partial charge in [-0.3, -0.25) is 9.69 Å². The fourth-order valence-corrected chi connectivity index (χ4v) is 3.23. The van der Waals surface area contributed by atoms with Crippen LogP contribution < -0.4 is 4.74 Å². The summed E-state index contributed by atoms with van der Waals surface area (Å²) in [5, 5.41) is 9.28. The molecule has 1 fully saturated rings. The molecule has 6 heteroatoms. The van der Waals surface area contributed by atoms with E-state index in [9.17, 15) is 9.90 Å². The highest BCUT2D eigenvalue weighted by atomic mass is 79.9. The third-order valence-corrected chi connectivity index (χ3v) is 4.46. The number of carbonyl (C=O) groups is 1. The number of benzene rings is 1. The van der Waals surface area contributed by atoms with Crippen LogP contribution in [-0.2, 0) is 16.1 Å². The first-order valence-electron chi connectivity index (χ1n) is 6.93. The van der Waals surface area contributed by atoms with Gasteiger partial charge in [-0.15, -0.1) is 0 Å². The molecule has 0 aromatic heterocycles. The fraction of sp³-hybridized carbons (Fsp3) is 0.533. The van der Waals surface area contributed by atoms with Crippen LogP contribution in [0, 0.1) is 5.92 Å². The summed E-state index contributed by atoms with van der Waals surface area (Å²) in [6.07, 6.45) is 0. The molecule has 21 heavy (non-hydrogen) atoms. The third-order valence-electron chi connectivity index (χ3n) is 3.84. The minimum atomic E-state index is -0.785. The normalized spacial score (nSPS) is 21.7. The van der Waals surface area contributed by atoms with Gasteiger partial charge in [0.05, 0.1) is 30.7 Å². The maximum absolute atomic E-state index is 11.3. The first-order chi connectivity index (χ1) is 10.1. The van der Waals surface area contributed by atoms with E-state index in [1.807, 2.05) is 25.1 Å². The molecule has 0 aliphatic carbocycles. The van der Waals surface area contributed by atoms with Gasteiger partial charge in [-0.05, 0) is 40.2 Å². The molecular weight excluding hydrogens is 338 g/mol. The van der Waals surface area contributed by atoms with E-state index in [-0.39, 0.29) is 6.04 Å². The van der Waals surface area contributed by atoms with Gasteiger partial charge >= 0.3 is 5.97 Å². The van der Waals surface area contributed by atoms with Gasteiger partial charge in [0.15, 0.2) is 0 Å². The van der Waals surface area contributed by atoms with E-state index in [2.05, 4.69) is 20.8 Å². The van der Waals surface area contributed by atoms with E-state index in [4.69, 9.17) is 9.47 Å². The van der Waals surface area contributed by atoms with Crippen molar-refractivity contribution in [2.45, 2.75) is 19.5 Å². The third kappa shape index (κ3) is 3.75. The maximum atomic E-state index is 11.3. The average Bonchev–Trinajstić information content (AvgIpc) is 2.94. The van der Waals surface area contributed by atoms with Gasteiger partial charge < -0.3 is 14.6 Å². The number of aliphatic carboxylic acids is 1. The van der Waals surface area contributed by atoms with Crippen molar-refractivity contribution in [3.8, 4) is 5.75 Å². The largest absolute Gasteiger partial charge is 0.496 e. The van der Waals surface area contributed by atoms with Crippen LogP contribution in [-0.4, -0.2) is 48.9 Å². The summed E-state index contributed by atoms with van der Waals surface area (Å²) in [7, 11) is 1.63. The Hall–Kier alpha value is -1.11. The lowest BCUT2D eigenvalue weighted by Crippen LogP contribution is -2.42.